The van der Waals surface area contributed by atoms with Gasteiger partial charge in [-0.05, 0) is 26.7 Å². The second-order valence-corrected chi connectivity index (χ2v) is 5.77. The van der Waals surface area contributed by atoms with Crippen LogP contribution >= 0.6 is 7.92 Å². The van der Waals surface area contributed by atoms with Gasteiger partial charge in [0.25, 0.3) is 0 Å². The molecule has 1 atom stereocenters. The van der Waals surface area contributed by atoms with Gasteiger partial charge in [-0.3, -0.25) is 0 Å². The van der Waals surface area contributed by atoms with Gasteiger partial charge in [-0.2, -0.15) is 0 Å². The Morgan fingerprint density at radius 1 is 1.20 bits per heavy atom. The Morgan fingerprint density at radius 2 is 1.60 bits per heavy atom. The first-order valence-corrected chi connectivity index (χ1v) is 4.93. The van der Waals surface area contributed by atoms with Gasteiger partial charge in [0.2, 0.25) is 0 Å². The Labute approximate surface area is 68.1 Å². The summed E-state index contributed by atoms with van der Waals surface area (Å²) in [6.07, 6.45) is 0. The van der Waals surface area contributed by atoms with E-state index in [-0.39, 0.29) is 16.3 Å². The SMILES string of the molecule is CC#C[P@@](C)C(C)(C)C.[B]. The Bertz CT molecular complexity index is 136. The van der Waals surface area contributed by atoms with Crippen LogP contribution in [0.3, 0.4) is 0 Å². The summed E-state index contributed by atoms with van der Waals surface area (Å²) in [6, 6.07) is 0. The monoisotopic (exact) mass is 153 g/mol. The molecule has 2 heteroatoms. The summed E-state index contributed by atoms with van der Waals surface area (Å²) in [7, 11) is -0.0828. The van der Waals surface area contributed by atoms with Gasteiger partial charge >= 0.3 is 0 Å². The van der Waals surface area contributed by atoms with Gasteiger partial charge in [0, 0.05) is 8.41 Å². The molecule has 0 aliphatic carbocycles. The summed E-state index contributed by atoms with van der Waals surface area (Å²) in [4.78, 5) is 0. The van der Waals surface area contributed by atoms with E-state index >= 15 is 0 Å². The average molecular weight is 153 g/mol. The van der Waals surface area contributed by atoms with Crippen molar-refractivity contribution in [1.82, 2.24) is 0 Å². The van der Waals surface area contributed by atoms with E-state index in [1.54, 1.807) is 0 Å². The van der Waals surface area contributed by atoms with Crippen LogP contribution < -0.4 is 0 Å². The molecule has 55 valence electrons. The van der Waals surface area contributed by atoms with Crippen LogP contribution in [0.4, 0.5) is 0 Å². The smallest absolute Gasteiger partial charge is 0 e. The fraction of sp³-hybridized carbons (Fsp3) is 0.750. The third-order valence-electron chi connectivity index (χ3n) is 1.29. The van der Waals surface area contributed by atoms with Crippen molar-refractivity contribution in [3.8, 4) is 11.6 Å². The second kappa shape index (κ2) is 4.81. The van der Waals surface area contributed by atoms with Gasteiger partial charge in [0.1, 0.15) is 0 Å². The molecule has 0 saturated heterocycles. The summed E-state index contributed by atoms with van der Waals surface area (Å²) in [5.41, 5.74) is 3.20. The molecule has 0 bridgehead atoms. The third kappa shape index (κ3) is 4.89. The molecule has 0 spiro atoms. The zero-order valence-corrected chi connectivity index (χ0v) is 8.42. The highest BCUT2D eigenvalue weighted by atomic mass is 31.1. The summed E-state index contributed by atoms with van der Waals surface area (Å²) in [5.74, 6) is 2.95. The molecular formula is C8H15BP. The lowest BCUT2D eigenvalue weighted by Gasteiger charge is -2.22. The van der Waals surface area contributed by atoms with Crippen LogP contribution in [-0.2, 0) is 0 Å². The maximum absolute atomic E-state index is 3.20. The zero-order chi connectivity index (χ0) is 7.49. The average Bonchev–Trinajstić information content (AvgIpc) is 1.64. The van der Waals surface area contributed by atoms with Crippen molar-refractivity contribution >= 4 is 16.3 Å². The molecule has 3 radical (unpaired) electrons. The summed E-state index contributed by atoms with van der Waals surface area (Å²) in [6.45, 7) is 10.9. The highest BCUT2D eigenvalue weighted by Gasteiger charge is 2.16. The molecule has 0 heterocycles. The first-order valence-electron chi connectivity index (χ1n) is 3.14. The number of rotatable bonds is 0. The van der Waals surface area contributed by atoms with Crippen molar-refractivity contribution < 1.29 is 0 Å². The van der Waals surface area contributed by atoms with Crippen molar-refractivity contribution in [3.05, 3.63) is 0 Å². The predicted molar refractivity (Wildman–Crippen MR) is 51.8 cm³/mol. The fourth-order valence-electron chi connectivity index (χ4n) is 0.335. The molecule has 0 fully saturated rings. The van der Waals surface area contributed by atoms with E-state index in [9.17, 15) is 0 Å². The molecule has 0 nitrogen and oxygen atoms in total. The van der Waals surface area contributed by atoms with E-state index in [4.69, 9.17) is 0 Å². The van der Waals surface area contributed by atoms with Gasteiger partial charge < -0.3 is 0 Å². The van der Waals surface area contributed by atoms with Crippen molar-refractivity contribution in [3.63, 3.8) is 0 Å². The Morgan fingerprint density at radius 3 is 1.70 bits per heavy atom. The van der Waals surface area contributed by atoms with Crippen LogP contribution in [0.15, 0.2) is 0 Å². The van der Waals surface area contributed by atoms with E-state index in [0.29, 0.717) is 5.16 Å². The molecule has 0 unspecified atom stereocenters. The minimum atomic E-state index is -0.0828. The first-order chi connectivity index (χ1) is 3.98. The lowest BCUT2D eigenvalue weighted by Crippen LogP contribution is -2.08. The third-order valence-corrected chi connectivity index (χ3v) is 3.86. The van der Waals surface area contributed by atoms with Gasteiger partial charge in [0.05, 0.1) is 0 Å². The van der Waals surface area contributed by atoms with Crippen LogP contribution in [0.2, 0.25) is 0 Å². The molecule has 0 aromatic rings. The number of hydrogen-bond donors (Lipinski definition) is 0. The van der Waals surface area contributed by atoms with E-state index in [0.717, 1.165) is 0 Å². The normalized spacial score (nSPS) is 12.5. The molecule has 0 rings (SSSR count). The lowest BCUT2D eigenvalue weighted by molar-refractivity contribution is 0.791. The quantitative estimate of drug-likeness (QED) is 0.285. The fourth-order valence-corrected chi connectivity index (χ4v) is 1.01. The zero-order valence-electron chi connectivity index (χ0n) is 7.52. The second-order valence-electron chi connectivity index (χ2n) is 3.09. The molecule has 0 aromatic heterocycles. The standard InChI is InChI=1S/C8H15P.B/c1-6-7-9(5)8(2,3)4;/h1-5H3;/t9-;/m1./s1. The molecule has 0 saturated carbocycles. The van der Waals surface area contributed by atoms with Crippen molar-refractivity contribution in [1.29, 1.82) is 0 Å². The molecule has 0 aromatic carbocycles. The molecule has 0 N–H and O–H groups in total. The predicted octanol–water partition coefficient (Wildman–Crippen LogP) is 2.50. The van der Waals surface area contributed by atoms with Crippen molar-refractivity contribution in [2.24, 2.45) is 0 Å². The van der Waals surface area contributed by atoms with E-state index in [1.165, 1.54) is 0 Å². The van der Waals surface area contributed by atoms with Gasteiger partial charge in [-0.15, -0.1) is 5.92 Å². The van der Waals surface area contributed by atoms with Gasteiger partial charge in [-0.25, -0.2) is 0 Å². The van der Waals surface area contributed by atoms with Crippen LogP contribution in [0.25, 0.3) is 0 Å². The van der Waals surface area contributed by atoms with Crippen LogP contribution in [0.5, 0.6) is 0 Å². The molecule has 0 aliphatic heterocycles. The van der Waals surface area contributed by atoms with E-state index in [2.05, 4.69) is 39.0 Å². The van der Waals surface area contributed by atoms with Crippen LogP contribution in [0, 0.1) is 11.6 Å². The maximum atomic E-state index is 3.20. The first kappa shape index (κ1) is 12.7. The highest BCUT2D eigenvalue weighted by molar-refractivity contribution is 7.63. The van der Waals surface area contributed by atoms with Crippen LogP contribution in [-0.4, -0.2) is 20.2 Å². The lowest BCUT2D eigenvalue weighted by atomic mass is 10.3. The minimum absolute atomic E-state index is 0. The van der Waals surface area contributed by atoms with Crippen LogP contribution in [0.1, 0.15) is 27.7 Å². The Hall–Kier alpha value is 0.0549. The number of hydrogen-bond acceptors (Lipinski definition) is 0. The highest BCUT2D eigenvalue weighted by Crippen LogP contribution is 2.44. The maximum Gasteiger partial charge on any atom is 0 e. The van der Waals surface area contributed by atoms with Crippen molar-refractivity contribution in [2.45, 2.75) is 32.9 Å². The summed E-state index contributed by atoms with van der Waals surface area (Å²) < 4.78 is 0. The van der Waals surface area contributed by atoms with E-state index in [1.807, 2.05) is 6.92 Å². The molecule has 0 amide bonds. The largest absolute Gasteiger partial charge is 0.102 e. The topological polar surface area (TPSA) is 0 Å². The molecular weight excluding hydrogens is 138 g/mol. The van der Waals surface area contributed by atoms with Gasteiger partial charge in [-0.1, -0.05) is 26.4 Å². The minimum Gasteiger partial charge on any atom is -0.102 e. The van der Waals surface area contributed by atoms with E-state index < -0.39 is 0 Å². The van der Waals surface area contributed by atoms with Gasteiger partial charge in [0.15, 0.2) is 0 Å². The molecule has 0 aliphatic rings. The summed E-state index contributed by atoms with van der Waals surface area (Å²) >= 11 is 0. The summed E-state index contributed by atoms with van der Waals surface area (Å²) in [5, 5.41) is 0.401. The Kier molecular flexibility index (Phi) is 6.11. The Balaban J connectivity index is 0. The van der Waals surface area contributed by atoms with Crippen molar-refractivity contribution in [2.75, 3.05) is 6.66 Å². The molecule has 10 heavy (non-hydrogen) atoms.